The van der Waals surface area contributed by atoms with Crippen molar-refractivity contribution in [2.45, 2.75) is 99.4 Å². The second-order valence-electron chi connectivity index (χ2n) is 19.2. The average Bonchev–Trinajstić information content (AvgIpc) is 3.61. The van der Waals surface area contributed by atoms with Gasteiger partial charge in [-0.1, -0.05) is 64.9 Å². The third-order valence-corrected chi connectivity index (χ3v) is 13.8. The summed E-state index contributed by atoms with van der Waals surface area (Å²) in [5.74, 6) is -5.57. The highest BCUT2D eigenvalue weighted by atomic mass is 16.7. The Hall–Kier alpha value is -6.01. The molecule has 17 nitrogen and oxygen atoms in total. The quantitative estimate of drug-likeness (QED) is 0.0460. The van der Waals surface area contributed by atoms with E-state index >= 15 is 0 Å². The van der Waals surface area contributed by atoms with Gasteiger partial charge in [0.1, 0.15) is 34.5 Å². The van der Waals surface area contributed by atoms with Gasteiger partial charge in [0.15, 0.2) is 17.1 Å². The number of rotatable bonds is 5. The molecule has 5 N–H and O–H groups in total. The number of aliphatic hydroxyl groups excluding tert-OH is 2. The normalized spacial score (nSPS) is 30.1. The third-order valence-electron chi connectivity index (χ3n) is 13.8. The molecular weight excluding hydrogens is 875 g/mol. The molecule has 2 aromatic carbocycles. The van der Waals surface area contributed by atoms with Crippen LogP contribution in [0.5, 0.6) is 11.5 Å². The van der Waals surface area contributed by atoms with E-state index in [1.807, 2.05) is 18.2 Å². The van der Waals surface area contributed by atoms with E-state index in [-0.39, 0.29) is 56.1 Å². The number of hydrogen-bond donors (Lipinski definition) is 5. The lowest BCUT2D eigenvalue weighted by molar-refractivity contribution is -0.160. The molecule has 366 valence electrons. The van der Waals surface area contributed by atoms with Gasteiger partial charge in [-0.2, -0.15) is 0 Å². The first kappa shape index (κ1) is 49.9. The number of esters is 1. The zero-order valence-corrected chi connectivity index (χ0v) is 40.7. The molecule has 0 spiro atoms. The van der Waals surface area contributed by atoms with Gasteiger partial charge in [-0.15, -0.1) is 0 Å². The maximum Gasteiger partial charge on any atom is 0.302 e. The van der Waals surface area contributed by atoms with Crippen LogP contribution in [0.1, 0.15) is 73.4 Å². The lowest BCUT2D eigenvalue weighted by Crippen LogP contribution is -2.47. The SMILES string of the molecule is CO[C@H]1/C=C/O[C@@]2(C)Oc3c(C)c(O)c4c(=O)c(c5oc6cc(N7CCN(CC(C)C)CC7)ccc6nc-5c4c3/C2=N/O)NC(=O)/C(C)=C\C=C\[C@H](C)[C@H](O)[C@@H](C)[C@@H](O)[C@@H](C)[C@H](OC(C)=O)[C@@H]1C. The first-order valence-corrected chi connectivity index (χ1v) is 23.3. The molecule has 4 bridgehead atoms. The van der Waals surface area contributed by atoms with Gasteiger partial charge in [-0.25, -0.2) is 4.98 Å². The number of carbonyl (C=O) groups is 2. The van der Waals surface area contributed by atoms with Crippen LogP contribution in [0.4, 0.5) is 11.4 Å². The van der Waals surface area contributed by atoms with Gasteiger partial charge >= 0.3 is 5.97 Å². The summed E-state index contributed by atoms with van der Waals surface area (Å²) in [5.41, 5.74) is 0.831. The first-order valence-electron chi connectivity index (χ1n) is 23.3. The molecule has 1 aliphatic carbocycles. The van der Waals surface area contributed by atoms with Crippen LogP contribution in [0.3, 0.4) is 0 Å². The van der Waals surface area contributed by atoms with Crippen LogP contribution in [0.2, 0.25) is 0 Å². The maximum absolute atomic E-state index is 15.0. The van der Waals surface area contributed by atoms with Crippen LogP contribution in [0, 0.1) is 36.5 Å². The number of aromatic nitrogens is 1. The maximum atomic E-state index is 15.0. The minimum atomic E-state index is -1.88. The van der Waals surface area contributed by atoms with Gasteiger partial charge in [0, 0.05) is 106 Å². The van der Waals surface area contributed by atoms with Gasteiger partial charge in [0.25, 0.3) is 11.7 Å². The summed E-state index contributed by atoms with van der Waals surface area (Å²) < 4.78 is 31.0. The van der Waals surface area contributed by atoms with Crippen LogP contribution in [-0.4, -0.2) is 118 Å². The molecule has 1 amide bonds. The second kappa shape index (κ2) is 19.9. The van der Waals surface area contributed by atoms with Crippen molar-refractivity contribution in [1.29, 1.82) is 0 Å². The molecule has 0 radical (unpaired) electrons. The number of aromatic hydroxyl groups is 1. The Morgan fingerprint density at radius 3 is 2.37 bits per heavy atom. The van der Waals surface area contributed by atoms with Crippen LogP contribution >= 0.6 is 0 Å². The van der Waals surface area contributed by atoms with Crippen molar-refractivity contribution in [3.63, 3.8) is 0 Å². The molecule has 68 heavy (non-hydrogen) atoms. The molecule has 0 unspecified atom stereocenters. The predicted octanol–water partition coefficient (Wildman–Crippen LogP) is 6.72. The van der Waals surface area contributed by atoms with E-state index in [1.165, 1.54) is 40.2 Å². The third kappa shape index (κ3) is 9.40. The number of hydrogen-bond acceptors (Lipinski definition) is 16. The highest BCUT2D eigenvalue weighted by Gasteiger charge is 2.49. The van der Waals surface area contributed by atoms with Crippen molar-refractivity contribution in [3.8, 4) is 23.0 Å². The van der Waals surface area contributed by atoms with E-state index in [4.69, 9.17) is 28.3 Å². The molecule has 1 saturated heterocycles. The molecular formula is C51H65N5O12. The van der Waals surface area contributed by atoms with E-state index < -0.39 is 76.9 Å². The number of allylic oxidation sites excluding steroid dienone is 2. The molecule has 1 fully saturated rings. The molecule has 0 saturated carbocycles. The second-order valence-corrected chi connectivity index (χ2v) is 19.2. The summed E-state index contributed by atoms with van der Waals surface area (Å²) in [4.78, 5) is 51.2. The summed E-state index contributed by atoms with van der Waals surface area (Å²) in [6, 6.07) is 5.61. The largest absolute Gasteiger partial charge is 0.507 e. The number of anilines is 2. The van der Waals surface area contributed by atoms with Crippen LogP contribution < -0.4 is 20.4 Å². The fraction of sp³-hybridized carbons (Fsp3) is 0.510. The number of phenols is 1. The number of nitrogens with zero attached hydrogens (tertiary/aromatic N) is 4. The number of nitrogens with one attached hydrogen (secondary N) is 1. The molecule has 4 heterocycles. The summed E-state index contributed by atoms with van der Waals surface area (Å²) >= 11 is 0. The fourth-order valence-electron chi connectivity index (χ4n) is 9.85. The Bertz CT molecular complexity index is 2720. The molecule has 7 rings (SSSR count). The van der Waals surface area contributed by atoms with Crippen LogP contribution in [0.25, 0.3) is 33.3 Å². The van der Waals surface area contributed by atoms with E-state index in [2.05, 4.69) is 34.1 Å². The topological polar surface area (TPSA) is 226 Å². The molecule has 2 aromatic rings. The van der Waals surface area contributed by atoms with Gasteiger partial charge in [-0.3, -0.25) is 19.3 Å². The standard InChI is InChI=1S/C51H65N5O12/c1-25(2)24-55-18-20-56(21-19-55)33-15-16-34-36(23-33)67-48-40(52-34)37-38-44(60)31(8)47-39(37)49(54-63)51(10,68-47)65-22-17-35(64-11)28(5)46(66-32(9)57)30(7)43(59)29(6)42(58)26(3)13-12-14-27(4)50(62)53-41(48)45(38)61/h12-17,22-23,25-26,28-30,35,42-43,46,58-60,63H,18-21,24H2,1-11H3,(H,53,62)/b13-12+,22-17+,27-14-,54-49-/t26-,28+,29+,30+,35-,42-,43+,46+,51-/m0/s1. The van der Waals surface area contributed by atoms with Gasteiger partial charge in [0.2, 0.25) is 5.43 Å². The number of ether oxygens (including phenoxy) is 4. The highest BCUT2D eigenvalue weighted by Crippen LogP contribution is 2.51. The lowest BCUT2D eigenvalue weighted by atomic mass is 9.78. The van der Waals surface area contributed by atoms with Crippen molar-refractivity contribution >= 4 is 50.8 Å². The first-order chi connectivity index (χ1) is 32.2. The number of amides is 1. The van der Waals surface area contributed by atoms with Gasteiger partial charge in [-0.05, 0) is 38.0 Å². The van der Waals surface area contributed by atoms with E-state index in [0.717, 1.165) is 38.4 Å². The summed E-state index contributed by atoms with van der Waals surface area (Å²) in [6.45, 7) is 21.6. The summed E-state index contributed by atoms with van der Waals surface area (Å²) in [7, 11) is 1.46. The molecule has 9 atom stereocenters. The van der Waals surface area contributed by atoms with Gasteiger partial charge in [0.05, 0.1) is 35.5 Å². The van der Waals surface area contributed by atoms with E-state index in [1.54, 1.807) is 52.8 Å². The zero-order valence-electron chi connectivity index (χ0n) is 40.7. The van der Waals surface area contributed by atoms with Crippen LogP contribution in [0.15, 0.2) is 68.7 Å². The summed E-state index contributed by atoms with van der Waals surface area (Å²) in [6.07, 6.45) is 3.80. The fourth-order valence-corrected chi connectivity index (χ4v) is 9.85. The smallest absolute Gasteiger partial charge is 0.302 e. The number of phenolic OH excluding ortho intramolecular Hbond substituents is 1. The van der Waals surface area contributed by atoms with E-state index in [9.17, 15) is 34.9 Å². The Morgan fingerprint density at radius 2 is 1.72 bits per heavy atom. The number of carbonyl (C=O) groups excluding carboxylic acids is 2. The van der Waals surface area contributed by atoms with Crippen molar-refractivity contribution < 1.29 is 53.5 Å². The van der Waals surface area contributed by atoms with Crippen molar-refractivity contribution in [3.05, 3.63) is 75.7 Å². The van der Waals surface area contributed by atoms with Gasteiger partial charge < -0.3 is 54.1 Å². The number of aliphatic hydroxyl groups is 2. The number of benzene rings is 3. The molecule has 5 aliphatic rings. The molecule has 0 aromatic heterocycles. The van der Waals surface area contributed by atoms with Crippen LogP contribution in [-0.2, 0) is 23.8 Å². The zero-order chi connectivity index (χ0) is 49.5. The highest BCUT2D eigenvalue weighted by molar-refractivity contribution is 6.24. The number of fused-ring (bicyclic) bond motifs is 2. The lowest BCUT2D eigenvalue weighted by Gasteiger charge is -2.38. The monoisotopic (exact) mass is 939 g/mol. The number of oxime groups is 1. The average molecular weight is 940 g/mol. The Kier molecular flexibility index (Phi) is 14.6. The molecule has 17 heteroatoms. The Morgan fingerprint density at radius 1 is 1.01 bits per heavy atom. The van der Waals surface area contributed by atoms with E-state index in [0.29, 0.717) is 17.0 Å². The van der Waals surface area contributed by atoms with Crippen molar-refractivity contribution in [1.82, 2.24) is 9.88 Å². The summed E-state index contributed by atoms with van der Waals surface area (Å²) in [5, 5.41) is 52.1. The Labute approximate surface area is 396 Å². The predicted molar refractivity (Wildman–Crippen MR) is 258 cm³/mol. The molecule has 4 aliphatic heterocycles. The van der Waals surface area contributed by atoms with Crippen molar-refractivity contribution in [2.24, 2.45) is 34.7 Å². The number of methoxy groups -OCH3 is 1. The Balaban J connectivity index is 1.42. The minimum Gasteiger partial charge on any atom is -0.507 e. The van der Waals surface area contributed by atoms with Crippen molar-refractivity contribution in [2.75, 3.05) is 50.1 Å². The minimum absolute atomic E-state index is 0.0350. The number of piperazine rings is 1.